The first-order valence-electron chi connectivity index (χ1n) is 10.4. The molecule has 0 bridgehead atoms. The number of H-pyrrole nitrogens is 1. The fourth-order valence-corrected chi connectivity index (χ4v) is 3.46. The van der Waals surface area contributed by atoms with Crippen molar-refractivity contribution in [3.8, 4) is 17.0 Å². The second kappa shape index (κ2) is 9.06. The second-order valence-corrected chi connectivity index (χ2v) is 8.68. The summed E-state index contributed by atoms with van der Waals surface area (Å²) in [6.45, 7) is 8.45. The van der Waals surface area contributed by atoms with Gasteiger partial charge in [0.15, 0.2) is 6.61 Å². The van der Waals surface area contributed by atoms with Gasteiger partial charge >= 0.3 is 0 Å². The fraction of sp³-hybridized carbons (Fsp3) is 0.417. The number of hydrogen-bond acceptors (Lipinski definition) is 4. The van der Waals surface area contributed by atoms with Crippen molar-refractivity contribution in [2.45, 2.75) is 52.3 Å². The molecule has 1 aromatic carbocycles. The number of carbonyl (C=O) groups is 1. The van der Waals surface area contributed by atoms with Gasteiger partial charge in [-0.05, 0) is 62.6 Å². The highest BCUT2D eigenvalue weighted by Gasteiger charge is 2.26. The molecular weight excluding hydrogens is 397 g/mol. The maximum atomic E-state index is 13.8. The van der Waals surface area contributed by atoms with Gasteiger partial charge in [0.1, 0.15) is 11.9 Å². The summed E-state index contributed by atoms with van der Waals surface area (Å²) < 4.78 is 19.4. The number of benzene rings is 1. The molecular formula is C24H30FN3O3. The van der Waals surface area contributed by atoms with Crippen LogP contribution in [-0.2, 0) is 4.79 Å². The van der Waals surface area contributed by atoms with E-state index in [1.54, 1.807) is 12.3 Å². The lowest BCUT2D eigenvalue weighted by Gasteiger charge is -2.22. The molecule has 3 rings (SSSR count). The topological polar surface area (TPSA) is 87.2 Å². The van der Waals surface area contributed by atoms with E-state index >= 15 is 0 Å². The maximum absolute atomic E-state index is 13.8. The Balaban J connectivity index is 1.78. The molecule has 0 unspecified atom stereocenters. The predicted octanol–water partition coefficient (Wildman–Crippen LogP) is 4.27. The zero-order chi connectivity index (χ0) is 22.8. The molecule has 0 aliphatic carbocycles. The molecule has 0 aliphatic rings. The van der Waals surface area contributed by atoms with E-state index in [0.717, 1.165) is 27.9 Å². The van der Waals surface area contributed by atoms with Crippen LogP contribution in [0.4, 0.5) is 4.39 Å². The number of ether oxygens (including phenoxy) is 1. The molecule has 2 heterocycles. The number of hydrogen-bond donors (Lipinski definition) is 3. The summed E-state index contributed by atoms with van der Waals surface area (Å²) >= 11 is 0. The SMILES string of the molecule is Cc1cc(-c2[nH]c3ccc(OCC(=O)NC[C@@H](F)C(C)(C)O)cc3c2C(C)C)ccn1. The van der Waals surface area contributed by atoms with Crippen molar-refractivity contribution < 1.29 is 19.0 Å². The Morgan fingerprint density at radius 2 is 2.03 bits per heavy atom. The fourth-order valence-electron chi connectivity index (χ4n) is 3.46. The van der Waals surface area contributed by atoms with E-state index in [1.165, 1.54) is 19.4 Å². The number of alkyl halides is 1. The number of nitrogens with one attached hydrogen (secondary N) is 2. The zero-order valence-electron chi connectivity index (χ0n) is 18.6. The summed E-state index contributed by atoms with van der Waals surface area (Å²) in [6, 6.07) is 9.67. The highest BCUT2D eigenvalue weighted by molar-refractivity contribution is 5.92. The number of carbonyl (C=O) groups excluding carboxylic acids is 1. The Morgan fingerprint density at radius 3 is 2.68 bits per heavy atom. The number of pyridine rings is 1. The molecule has 0 aliphatic heterocycles. The van der Waals surface area contributed by atoms with E-state index in [4.69, 9.17) is 4.74 Å². The molecule has 2 aromatic heterocycles. The molecule has 0 radical (unpaired) electrons. The number of halogens is 1. The molecule has 7 heteroatoms. The first kappa shape index (κ1) is 22.7. The lowest BCUT2D eigenvalue weighted by atomic mass is 9.96. The monoisotopic (exact) mass is 427 g/mol. The van der Waals surface area contributed by atoms with E-state index < -0.39 is 17.7 Å². The number of aliphatic hydroxyl groups is 1. The average Bonchev–Trinajstić information content (AvgIpc) is 3.08. The predicted molar refractivity (Wildman–Crippen MR) is 120 cm³/mol. The van der Waals surface area contributed by atoms with Crippen molar-refractivity contribution in [3.63, 3.8) is 0 Å². The smallest absolute Gasteiger partial charge is 0.258 e. The van der Waals surface area contributed by atoms with Gasteiger partial charge in [-0.15, -0.1) is 0 Å². The molecule has 0 spiro atoms. The molecule has 1 atom stereocenters. The lowest BCUT2D eigenvalue weighted by Crippen LogP contribution is -2.43. The number of fused-ring (bicyclic) bond motifs is 1. The standard InChI is InChI=1S/C24H30FN3O3/c1-14(2)22-18-11-17(31-13-21(29)27-12-20(25)24(4,5)30)6-7-19(18)28-23(22)16-8-9-26-15(3)10-16/h6-11,14,20,28,30H,12-13H2,1-5H3,(H,27,29)/t20-/m1/s1. The molecule has 3 aromatic rings. The normalized spacial score (nSPS) is 12.9. The summed E-state index contributed by atoms with van der Waals surface area (Å²) in [5.41, 5.74) is 3.70. The minimum absolute atomic E-state index is 0.234. The Morgan fingerprint density at radius 1 is 1.29 bits per heavy atom. The van der Waals surface area contributed by atoms with E-state index in [1.807, 2.05) is 31.2 Å². The van der Waals surface area contributed by atoms with Crippen molar-refractivity contribution in [3.05, 3.63) is 47.8 Å². The van der Waals surface area contributed by atoms with E-state index in [2.05, 4.69) is 29.1 Å². The molecule has 6 nitrogen and oxygen atoms in total. The maximum Gasteiger partial charge on any atom is 0.258 e. The number of aryl methyl sites for hydroxylation is 1. The van der Waals surface area contributed by atoms with Crippen molar-refractivity contribution in [1.29, 1.82) is 0 Å². The lowest BCUT2D eigenvalue weighted by molar-refractivity contribution is -0.123. The van der Waals surface area contributed by atoms with Crippen LogP contribution in [0.25, 0.3) is 22.2 Å². The Bertz CT molecular complexity index is 1070. The summed E-state index contributed by atoms with van der Waals surface area (Å²) in [4.78, 5) is 19.8. The van der Waals surface area contributed by atoms with Gasteiger partial charge in [0.05, 0.1) is 17.8 Å². The van der Waals surface area contributed by atoms with E-state index in [9.17, 15) is 14.3 Å². The van der Waals surface area contributed by atoms with Crippen LogP contribution in [0.1, 0.15) is 44.9 Å². The number of rotatable bonds is 8. The van der Waals surface area contributed by atoms with Gasteiger partial charge in [-0.3, -0.25) is 9.78 Å². The van der Waals surface area contributed by atoms with Gasteiger partial charge < -0.3 is 20.1 Å². The van der Waals surface area contributed by atoms with Crippen LogP contribution in [0, 0.1) is 6.92 Å². The highest BCUT2D eigenvalue weighted by atomic mass is 19.1. The Hall–Kier alpha value is -2.93. The zero-order valence-corrected chi connectivity index (χ0v) is 18.6. The summed E-state index contributed by atoms with van der Waals surface area (Å²) in [5, 5.41) is 13.1. The molecule has 0 saturated carbocycles. The van der Waals surface area contributed by atoms with Gasteiger partial charge in [0.25, 0.3) is 5.91 Å². The molecule has 166 valence electrons. The van der Waals surface area contributed by atoms with Crippen molar-refractivity contribution >= 4 is 16.8 Å². The largest absolute Gasteiger partial charge is 0.484 e. The second-order valence-electron chi connectivity index (χ2n) is 8.68. The number of nitrogens with zero attached hydrogens (tertiary/aromatic N) is 1. The van der Waals surface area contributed by atoms with Gasteiger partial charge in [0, 0.05) is 28.4 Å². The summed E-state index contributed by atoms with van der Waals surface area (Å²) in [7, 11) is 0. The van der Waals surface area contributed by atoms with Gasteiger partial charge in [0.2, 0.25) is 0 Å². The van der Waals surface area contributed by atoms with Crippen LogP contribution in [0.15, 0.2) is 36.5 Å². The van der Waals surface area contributed by atoms with E-state index in [0.29, 0.717) is 5.75 Å². The van der Waals surface area contributed by atoms with Gasteiger partial charge in [-0.1, -0.05) is 13.8 Å². The number of amides is 1. The average molecular weight is 428 g/mol. The van der Waals surface area contributed by atoms with Crippen LogP contribution in [0.3, 0.4) is 0 Å². The third-order valence-electron chi connectivity index (χ3n) is 5.19. The first-order valence-corrected chi connectivity index (χ1v) is 10.4. The molecule has 31 heavy (non-hydrogen) atoms. The summed E-state index contributed by atoms with van der Waals surface area (Å²) in [6.07, 6.45) is 0.240. The van der Waals surface area contributed by atoms with E-state index in [-0.39, 0.29) is 19.1 Å². The molecule has 0 fully saturated rings. The van der Waals surface area contributed by atoms with Crippen LogP contribution in [-0.4, -0.2) is 45.9 Å². The minimum atomic E-state index is -1.56. The Labute approximate surface area is 181 Å². The first-order chi connectivity index (χ1) is 14.6. The minimum Gasteiger partial charge on any atom is -0.484 e. The van der Waals surface area contributed by atoms with Crippen LogP contribution in [0.5, 0.6) is 5.75 Å². The third kappa shape index (κ3) is 5.41. The number of aromatic amines is 1. The molecule has 3 N–H and O–H groups in total. The van der Waals surface area contributed by atoms with Crippen LogP contribution in [0.2, 0.25) is 0 Å². The third-order valence-corrected chi connectivity index (χ3v) is 5.19. The van der Waals surface area contributed by atoms with Crippen molar-refractivity contribution in [2.75, 3.05) is 13.2 Å². The molecule has 1 amide bonds. The van der Waals surface area contributed by atoms with Crippen LogP contribution >= 0.6 is 0 Å². The van der Waals surface area contributed by atoms with Gasteiger partial charge in [-0.25, -0.2) is 4.39 Å². The van der Waals surface area contributed by atoms with Gasteiger partial charge in [-0.2, -0.15) is 0 Å². The quantitative estimate of drug-likeness (QED) is 0.501. The van der Waals surface area contributed by atoms with Crippen molar-refractivity contribution in [1.82, 2.24) is 15.3 Å². The van der Waals surface area contributed by atoms with Crippen LogP contribution < -0.4 is 10.1 Å². The Kier molecular flexibility index (Phi) is 6.65. The number of aromatic nitrogens is 2. The highest BCUT2D eigenvalue weighted by Crippen LogP contribution is 2.37. The molecule has 0 saturated heterocycles. The van der Waals surface area contributed by atoms with Crippen molar-refractivity contribution in [2.24, 2.45) is 0 Å². The summed E-state index contributed by atoms with van der Waals surface area (Å²) in [5.74, 6) is 0.373.